The normalized spacial score (nSPS) is 10.1. The minimum Gasteiger partial charge on any atom is -0.478 e. The number of aromatic carboxylic acids is 1. The zero-order chi connectivity index (χ0) is 15.7. The van der Waals surface area contributed by atoms with Crippen LogP contribution < -0.4 is 10.7 Å². The quantitative estimate of drug-likeness (QED) is 0.294. The summed E-state index contributed by atoms with van der Waals surface area (Å²) < 4.78 is 0. The van der Waals surface area contributed by atoms with Gasteiger partial charge in [0.2, 0.25) is 11.8 Å². The first-order valence-electron chi connectivity index (χ1n) is 6.05. The average Bonchev–Trinajstić information content (AvgIpc) is 2.45. The maximum Gasteiger partial charge on any atom is 0.335 e. The van der Waals surface area contributed by atoms with Gasteiger partial charge in [-0.1, -0.05) is 18.2 Å². The average molecular weight is 289 g/mol. The van der Waals surface area contributed by atoms with Gasteiger partial charge in [-0.3, -0.25) is 9.59 Å². The highest BCUT2D eigenvalue weighted by Gasteiger charge is 2.06. The molecule has 0 bridgehead atoms. The predicted molar refractivity (Wildman–Crippen MR) is 77.0 cm³/mol. The van der Waals surface area contributed by atoms with Crippen molar-refractivity contribution in [2.24, 2.45) is 5.10 Å². The second-order valence-electron chi connectivity index (χ2n) is 3.99. The zero-order valence-corrected chi connectivity index (χ0v) is 11.2. The number of amides is 2. The number of carbonyl (C=O) groups is 3. The molecule has 0 fully saturated rings. The van der Waals surface area contributed by atoms with E-state index in [1.807, 2.05) is 0 Å². The number of carbonyl (C=O) groups excluding carboxylic acids is 2. The van der Waals surface area contributed by atoms with Crippen molar-refractivity contribution in [2.45, 2.75) is 6.42 Å². The monoisotopic (exact) mass is 289 g/mol. The number of rotatable bonds is 7. The van der Waals surface area contributed by atoms with Gasteiger partial charge in [-0.05, 0) is 17.7 Å². The summed E-state index contributed by atoms with van der Waals surface area (Å²) in [5.41, 5.74) is 2.99. The van der Waals surface area contributed by atoms with Crippen LogP contribution in [0.4, 0.5) is 0 Å². The van der Waals surface area contributed by atoms with Crippen molar-refractivity contribution < 1.29 is 19.5 Å². The van der Waals surface area contributed by atoms with E-state index in [1.54, 1.807) is 12.1 Å². The summed E-state index contributed by atoms with van der Waals surface area (Å²) in [6.45, 7) is 3.73. The Morgan fingerprint density at radius 2 is 1.86 bits per heavy atom. The number of hydrogen-bond acceptors (Lipinski definition) is 4. The summed E-state index contributed by atoms with van der Waals surface area (Å²) in [4.78, 5) is 33.2. The van der Waals surface area contributed by atoms with Crippen molar-refractivity contribution >= 4 is 24.0 Å². The Morgan fingerprint density at radius 1 is 1.19 bits per heavy atom. The fourth-order valence-corrected chi connectivity index (χ4v) is 1.32. The molecule has 7 heteroatoms. The largest absolute Gasteiger partial charge is 0.478 e. The first-order chi connectivity index (χ1) is 10.0. The first kappa shape index (κ1) is 16.1. The third-order valence-electron chi connectivity index (χ3n) is 2.33. The summed E-state index contributed by atoms with van der Waals surface area (Å²) in [7, 11) is 0. The van der Waals surface area contributed by atoms with Crippen LogP contribution in [0, 0.1) is 0 Å². The predicted octanol–water partition coefficient (Wildman–Crippen LogP) is 0.527. The molecule has 0 unspecified atom stereocenters. The molecule has 0 aliphatic heterocycles. The highest BCUT2D eigenvalue weighted by molar-refractivity contribution is 5.97. The van der Waals surface area contributed by atoms with Crippen molar-refractivity contribution in [3.63, 3.8) is 0 Å². The van der Waals surface area contributed by atoms with Crippen LogP contribution in [0.3, 0.4) is 0 Å². The molecule has 0 aliphatic rings. The van der Waals surface area contributed by atoms with Crippen LogP contribution >= 0.6 is 0 Å². The highest BCUT2D eigenvalue weighted by atomic mass is 16.4. The molecule has 0 aromatic heterocycles. The Morgan fingerprint density at radius 3 is 2.43 bits per heavy atom. The molecular formula is C14H15N3O4. The van der Waals surface area contributed by atoms with Gasteiger partial charge in [0.1, 0.15) is 6.42 Å². The number of nitrogens with zero attached hydrogens (tertiary/aromatic N) is 1. The molecule has 0 heterocycles. The minimum absolute atomic E-state index is 0.162. The molecule has 0 saturated carbocycles. The number of carboxylic acid groups (broad SMARTS) is 1. The molecule has 0 radical (unpaired) electrons. The van der Waals surface area contributed by atoms with E-state index in [0.717, 1.165) is 0 Å². The third kappa shape index (κ3) is 6.15. The van der Waals surface area contributed by atoms with Gasteiger partial charge in [0.05, 0.1) is 11.8 Å². The Kier molecular flexibility index (Phi) is 6.33. The summed E-state index contributed by atoms with van der Waals surface area (Å²) in [5.74, 6) is -1.99. The maximum atomic E-state index is 11.4. The Balaban J connectivity index is 2.43. The molecule has 21 heavy (non-hydrogen) atoms. The number of carboxylic acids is 1. The van der Waals surface area contributed by atoms with Gasteiger partial charge >= 0.3 is 5.97 Å². The third-order valence-corrected chi connectivity index (χ3v) is 2.33. The molecule has 110 valence electrons. The Hall–Kier alpha value is -2.96. The van der Waals surface area contributed by atoms with Crippen LogP contribution in [0.15, 0.2) is 42.0 Å². The Labute approximate surface area is 121 Å². The second-order valence-corrected chi connectivity index (χ2v) is 3.99. The van der Waals surface area contributed by atoms with Gasteiger partial charge in [0.15, 0.2) is 0 Å². The van der Waals surface area contributed by atoms with Gasteiger partial charge in [0.25, 0.3) is 0 Å². The lowest BCUT2D eigenvalue weighted by Gasteiger charge is -2.01. The summed E-state index contributed by atoms with van der Waals surface area (Å²) >= 11 is 0. The minimum atomic E-state index is -1.02. The topological polar surface area (TPSA) is 108 Å². The molecule has 0 atom stereocenters. The fourth-order valence-electron chi connectivity index (χ4n) is 1.32. The van der Waals surface area contributed by atoms with Crippen LogP contribution in [0.1, 0.15) is 22.3 Å². The molecule has 1 aromatic rings. The molecule has 1 aromatic carbocycles. The molecule has 0 aliphatic carbocycles. The fraction of sp³-hybridized carbons (Fsp3) is 0.143. The van der Waals surface area contributed by atoms with E-state index in [-0.39, 0.29) is 12.0 Å². The van der Waals surface area contributed by atoms with E-state index < -0.39 is 17.8 Å². The Bertz CT molecular complexity index is 564. The van der Waals surface area contributed by atoms with Crippen LogP contribution in [0.5, 0.6) is 0 Å². The van der Waals surface area contributed by atoms with Crippen LogP contribution in [0.2, 0.25) is 0 Å². The highest BCUT2D eigenvalue weighted by Crippen LogP contribution is 2.02. The van der Waals surface area contributed by atoms with Gasteiger partial charge in [0, 0.05) is 6.54 Å². The van der Waals surface area contributed by atoms with Gasteiger partial charge < -0.3 is 10.4 Å². The van der Waals surface area contributed by atoms with E-state index >= 15 is 0 Å². The standard InChI is InChI=1S/C14H15N3O4/c1-2-7-15-12(18)8-13(19)17-16-9-10-3-5-11(6-4-10)14(20)21/h2-6,9H,1,7-8H2,(H,15,18)(H,17,19)(H,20,21)/b16-9-. The maximum absolute atomic E-state index is 11.4. The second kappa shape index (κ2) is 8.26. The van der Waals surface area contributed by atoms with E-state index in [2.05, 4.69) is 22.4 Å². The van der Waals surface area contributed by atoms with Crippen molar-refractivity contribution in [1.29, 1.82) is 0 Å². The van der Waals surface area contributed by atoms with Gasteiger partial charge in [-0.25, -0.2) is 10.2 Å². The molecule has 0 spiro atoms. The molecule has 0 saturated heterocycles. The van der Waals surface area contributed by atoms with E-state index in [4.69, 9.17) is 5.11 Å². The molecule has 2 amide bonds. The van der Waals surface area contributed by atoms with Crippen molar-refractivity contribution in [3.05, 3.63) is 48.0 Å². The zero-order valence-electron chi connectivity index (χ0n) is 11.2. The van der Waals surface area contributed by atoms with E-state index in [9.17, 15) is 14.4 Å². The van der Waals surface area contributed by atoms with E-state index in [1.165, 1.54) is 24.4 Å². The number of nitrogens with one attached hydrogen (secondary N) is 2. The van der Waals surface area contributed by atoms with Gasteiger partial charge in [-0.2, -0.15) is 5.10 Å². The summed E-state index contributed by atoms with van der Waals surface area (Å²) in [6.07, 6.45) is 2.53. The molecule has 3 N–H and O–H groups in total. The SMILES string of the molecule is C=CCNC(=O)CC(=O)N/N=C\c1ccc(C(=O)O)cc1. The van der Waals surface area contributed by atoms with E-state index in [0.29, 0.717) is 12.1 Å². The van der Waals surface area contributed by atoms with Crippen molar-refractivity contribution in [3.8, 4) is 0 Å². The lowest BCUT2D eigenvalue weighted by molar-refractivity contribution is -0.129. The molecular weight excluding hydrogens is 274 g/mol. The number of benzene rings is 1. The lowest BCUT2D eigenvalue weighted by Crippen LogP contribution is -2.29. The molecule has 1 rings (SSSR count). The number of hydrogen-bond donors (Lipinski definition) is 3. The summed E-state index contributed by atoms with van der Waals surface area (Å²) in [5, 5.41) is 14.9. The van der Waals surface area contributed by atoms with Gasteiger partial charge in [-0.15, -0.1) is 6.58 Å². The van der Waals surface area contributed by atoms with Crippen molar-refractivity contribution in [2.75, 3.05) is 6.54 Å². The molecule has 7 nitrogen and oxygen atoms in total. The lowest BCUT2D eigenvalue weighted by atomic mass is 10.1. The van der Waals surface area contributed by atoms with Crippen LogP contribution in [-0.2, 0) is 9.59 Å². The summed E-state index contributed by atoms with van der Waals surface area (Å²) in [6, 6.07) is 5.95. The van der Waals surface area contributed by atoms with Crippen LogP contribution in [-0.4, -0.2) is 35.6 Å². The van der Waals surface area contributed by atoms with Crippen molar-refractivity contribution in [1.82, 2.24) is 10.7 Å². The first-order valence-corrected chi connectivity index (χ1v) is 6.05. The number of hydrazone groups is 1. The smallest absolute Gasteiger partial charge is 0.335 e. The van der Waals surface area contributed by atoms with Crippen LogP contribution in [0.25, 0.3) is 0 Å².